The highest BCUT2D eigenvalue weighted by molar-refractivity contribution is 5.80. The highest BCUT2D eigenvalue weighted by Crippen LogP contribution is 2.23. The molecule has 0 N–H and O–H groups in total. The van der Waals surface area contributed by atoms with Crippen LogP contribution in [0.25, 0.3) is 0 Å². The quantitative estimate of drug-likeness (QED) is 0.641. The molecule has 0 bridgehead atoms. The summed E-state index contributed by atoms with van der Waals surface area (Å²) in [6.45, 7) is 3.60. The van der Waals surface area contributed by atoms with Crippen molar-refractivity contribution in [2.45, 2.75) is 25.6 Å². The summed E-state index contributed by atoms with van der Waals surface area (Å²) in [4.78, 5) is 15.8. The molecule has 24 heavy (non-hydrogen) atoms. The first-order valence-corrected chi connectivity index (χ1v) is 7.73. The average Bonchev–Trinajstić information content (AvgIpc) is 3.28. The van der Waals surface area contributed by atoms with Gasteiger partial charge in [-0.15, -0.1) is 5.10 Å². The third-order valence-electron chi connectivity index (χ3n) is 4.15. The zero-order valence-corrected chi connectivity index (χ0v) is 13.2. The van der Waals surface area contributed by atoms with Crippen LogP contribution in [0.4, 0.5) is 0 Å². The number of likely N-dealkylation sites (tertiary alicyclic amines) is 1. The molecule has 1 atom stereocenters. The Balaban J connectivity index is 1.34. The van der Waals surface area contributed by atoms with Gasteiger partial charge in [-0.3, -0.25) is 9.48 Å². The molecule has 4 rings (SSSR count). The van der Waals surface area contributed by atoms with Crippen LogP contribution in [0.3, 0.4) is 0 Å². The van der Waals surface area contributed by atoms with E-state index in [1.165, 1.54) is 0 Å². The zero-order valence-electron chi connectivity index (χ0n) is 13.2. The summed E-state index contributed by atoms with van der Waals surface area (Å²) < 4.78 is 3.47. The van der Waals surface area contributed by atoms with E-state index in [0.29, 0.717) is 19.6 Å². The van der Waals surface area contributed by atoms with Gasteiger partial charge in [-0.25, -0.2) is 4.68 Å². The molecule has 10 heteroatoms. The van der Waals surface area contributed by atoms with Crippen LogP contribution < -0.4 is 0 Å². The highest BCUT2D eigenvalue weighted by atomic mass is 16.2. The maximum absolute atomic E-state index is 12.4. The second-order valence-electron chi connectivity index (χ2n) is 5.81. The Morgan fingerprint density at radius 2 is 2.04 bits per heavy atom. The van der Waals surface area contributed by atoms with Gasteiger partial charge in [0.15, 0.2) is 0 Å². The number of nitrogens with zero attached hydrogens (tertiary/aromatic N) is 9. The molecule has 1 amide bonds. The van der Waals surface area contributed by atoms with Gasteiger partial charge in [-0.05, 0) is 13.0 Å². The Morgan fingerprint density at radius 1 is 1.25 bits per heavy atom. The Labute approximate surface area is 137 Å². The Kier molecular flexibility index (Phi) is 3.56. The molecular formula is C14H17N9O. The van der Waals surface area contributed by atoms with Crippen molar-refractivity contribution < 1.29 is 4.79 Å². The largest absolute Gasteiger partial charge is 0.336 e. The van der Waals surface area contributed by atoms with E-state index in [2.05, 4.69) is 25.6 Å². The average molecular weight is 327 g/mol. The smallest absolute Gasteiger partial charge is 0.247 e. The van der Waals surface area contributed by atoms with Gasteiger partial charge >= 0.3 is 0 Å². The molecule has 0 spiro atoms. The van der Waals surface area contributed by atoms with Crippen molar-refractivity contribution in [3.63, 3.8) is 0 Å². The monoisotopic (exact) mass is 327 g/mol. The van der Waals surface area contributed by atoms with Crippen molar-refractivity contribution in [3.05, 3.63) is 42.7 Å². The normalized spacial score (nSPS) is 16.1. The number of rotatable bonds is 5. The summed E-state index contributed by atoms with van der Waals surface area (Å²) in [5, 5.41) is 20.5. The fourth-order valence-electron chi connectivity index (χ4n) is 2.72. The fourth-order valence-corrected chi connectivity index (χ4v) is 2.72. The zero-order chi connectivity index (χ0) is 16.5. The van der Waals surface area contributed by atoms with E-state index in [9.17, 15) is 4.79 Å². The topological polar surface area (TPSA) is 99.5 Å². The molecular weight excluding hydrogens is 310 g/mol. The molecule has 0 radical (unpaired) electrons. The van der Waals surface area contributed by atoms with Gasteiger partial charge in [0.2, 0.25) is 5.91 Å². The first-order chi connectivity index (χ1) is 11.7. The maximum Gasteiger partial charge on any atom is 0.247 e. The molecule has 0 saturated carbocycles. The number of carbonyl (C=O) groups excluding carboxylic acids is 1. The van der Waals surface area contributed by atoms with Crippen molar-refractivity contribution >= 4 is 5.91 Å². The summed E-state index contributed by atoms with van der Waals surface area (Å²) in [6, 6.07) is 1.68. The molecule has 3 aromatic heterocycles. The van der Waals surface area contributed by atoms with E-state index in [-0.39, 0.29) is 18.0 Å². The molecule has 1 unspecified atom stereocenters. The number of hydrogen-bond donors (Lipinski definition) is 0. The van der Waals surface area contributed by atoms with Crippen molar-refractivity contribution in [3.8, 4) is 0 Å². The molecule has 4 heterocycles. The lowest BCUT2D eigenvalue weighted by atomic mass is 10.1. The van der Waals surface area contributed by atoms with Gasteiger partial charge in [0.05, 0.1) is 24.6 Å². The second-order valence-corrected chi connectivity index (χ2v) is 5.81. The third kappa shape index (κ3) is 2.66. The molecule has 1 aliphatic heterocycles. The Hall–Kier alpha value is -3.04. The lowest BCUT2D eigenvalue weighted by molar-refractivity contribution is -0.140. The maximum atomic E-state index is 12.4. The SMILES string of the molecule is CC(C(=O)N1CC(n2cc(Cn3nccn3)nn2)C1)n1cccn1. The van der Waals surface area contributed by atoms with Crippen molar-refractivity contribution in [1.29, 1.82) is 0 Å². The van der Waals surface area contributed by atoms with Crippen molar-refractivity contribution in [2.75, 3.05) is 13.1 Å². The molecule has 0 aliphatic carbocycles. The van der Waals surface area contributed by atoms with Crippen LogP contribution in [0.5, 0.6) is 0 Å². The predicted molar refractivity (Wildman–Crippen MR) is 81.7 cm³/mol. The van der Waals surface area contributed by atoms with Crippen LogP contribution in [0.15, 0.2) is 37.1 Å². The van der Waals surface area contributed by atoms with Crippen LogP contribution in [-0.4, -0.2) is 63.7 Å². The molecule has 1 aliphatic rings. The Bertz CT molecular complexity index is 801. The molecule has 1 fully saturated rings. The van der Waals surface area contributed by atoms with E-state index >= 15 is 0 Å². The van der Waals surface area contributed by atoms with Gasteiger partial charge < -0.3 is 4.90 Å². The lowest BCUT2D eigenvalue weighted by Gasteiger charge is -2.40. The molecule has 0 aromatic carbocycles. The van der Waals surface area contributed by atoms with Gasteiger partial charge in [0.1, 0.15) is 18.3 Å². The van der Waals surface area contributed by atoms with Crippen LogP contribution in [0.1, 0.15) is 24.7 Å². The van der Waals surface area contributed by atoms with E-state index in [1.54, 1.807) is 38.9 Å². The van der Waals surface area contributed by atoms with Crippen molar-refractivity contribution in [2.24, 2.45) is 0 Å². The van der Waals surface area contributed by atoms with Gasteiger partial charge in [-0.1, -0.05) is 5.21 Å². The summed E-state index contributed by atoms with van der Waals surface area (Å²) in [5.41, 5.74) is 0.792. The molecule has 124 valence electrons. The first-order valence-electron chi connectivity index (χ1n) is 7.73. The lowest BCUT2D eigenvalue weighted by Crippen LogP contribution is -2.52. The van der Waals surface area contributed by atoms with E-state index in [4.69, 9.17) is 0 Å². The van der Waals surface area contributed by atoms with Crippen LogP contribution >= 0.6 is 0 Å². The number of hydrogen-bond acceptors (Lipinski definition) is 6. The highest BCUT2D eigenvalue weighted by Gasteiger charge is 2.35. The summed E-state index contributed by atoms with van der Waals surface area (Å²) in [7, 11) is 0. The summed E-state index contributed by atoms with van der Waals surface area (Å²) in [5.74, 6) is 0.0658. The van der Waals surface area contributed by atoms with Crippen LogP contribution in [0.2, 0.25) is 0 Å². The molecule has 10 nitrogen and oxygen atoms in total. The third-order valence-corrected chi connectivity index (χ3v) is 4.15. The molecule has 3 aromatic rings. The fraction of sp³-hybridized carbons (Fsp3) is 0.429. The van der Waals surface area contributed by atoms with Gasteiger partial charge in [0, 0.05) is 25.5 Å². The number of aromatic nitrogens is 8. The minimum Gasteiger partial charge on any atom is -0.336 e. The summed E-state index contributed by atoms with van der Waals surface area (Å²) in [6.07, 6.45) is 8.61. The number of amides is 1. The summed E-state index contributed by atoms with van der Waals surface area (Å²) >= 11 is 0. The van der Waals surface area contributed by atoms with Crippen molar-refractivity contribution in [1.82, 2.24) is 44.7 Å². The Morgan fingerprint density at radius 3 is 2.75 bits per heavy atom. The van der Waals surface area contributed by atoms with E-state index in [1.807, 2.05) is 24.1 Å². The first kappa shape index (κ1) is 14.5. The predicted octanol–water partition coefficient (Wildman–Crippen LogP) is -0.241. The minimum atomic E-state index is -0.293. The van der Waals surface area contributed by atoms with Gasteiger partial charge in [-0.2, -0.15) is 20.1 Å². The molecule has 1 saturated heterocycles. The second kappa shape index (κ2) is 5.87. The van der Waals surface area contributed by atoms with Crippen LogP contribution in [-0.2, 0) is 11.3 Å². The number of carbonyl (C=O) groups is 1. The minimum absolute atomic E-state index is 0.0658. The van der Waals surface area contributed by atoms with Crippen LogP contribution in [0, 0.1) is 0 Å². The van der Waals surface area contributed by atoms with E-state index < -0.39 is 0 Å². The van der Waals surface area contributed by atoms with Gasteiger partial charge in [0.25, 0.3) is 0 Å². The van der Waals surface area contributed by atoms with E-state index in [0.717, 1.165) is 5.69 Å². The standard InChI is InChI=1S/C14H17N9O/c1-11(21-6-2-3-15-21)14(24)20-9-13(10-20)22-7-12(18-19-22)8-23-16-4-5-17-23/h2-7,11,13H,8-10H2,1H3.